The first-order chi connectivity index (χ1) is 13.2. The molecule has 0 N–H and O–H groups in total. The second-order valence-electron chi connectivity index (χ2n) is 6.38. The highest BCUT2D eigenvalue weighted by Crippen LogP contribution is 2.31. The Kier molecular flexibility index (Phi) is 4.62. The van der Waals surface area contributed by atoms with Crippen LogP contribution in [0.3, 0.4) is 0 Å². The van der Waals surface area contributed by atoms with Crippen molar-refractivity contribution in [2.75, 3.05) is 13.2 Å². The van der Waals surface area contributed by atoms with E-state index < -0.39 is 0 Å². The fourth-order valence-electron chi connectivity index (χ4n) is 3.28. The zero-order chi connectivity index (χ0) is 18.8. The van der Waals surface area contributed by atoms with Crippen LogP contribution in [0, 0.1) is 5.82 Å². The minimum Gasteiger partial charge on any atom is -0.494 e. The highest BCUT2D eigenvalue weighted by molar-refractivity contribution is 5.94. The van der Waals surface area contributed by atoms with E-state index in [4.69, 9.17) is 9.26 Å². The van der Waals surface area contributed by atoms with Gasteiger partial charge in [-0.3, -0.25) is 4.79 Å². The van der Waals surface area contributed by atoms with Crippen LogP contribution in [0.15, 0.2) is 53.1 Å². The van der Waals surface area contributed by atoms with Gasteiger partial charge >= 0.3 is 0 Å². The fraction of sp³-hybridized carbons (Fsp3) is 0.238. The summed E-state index contributed by atoms with van der Waals surface area (Å²) in [5, 5.41) is 4.14. The maximum atomic E-state index is 13.1. The molecular weight excluding hydrogens is 347 g/mol. The summed E-state index contributed by atoms with van der Waals surface area (Å²) in [6.45, 7) is 3.48. The van der Waals surface area contributed by atoms with Gasteiger partial charge in [-0.1, -0.05) is 5.16 Å². The van der Waals surface area contributed by atoms with Gasteiger partial charge in [-0.15, -0.1) is 0 Å². The van der Waals surface area contributed by atoms with Crippen molar-refractivity contribution in [1.82, 2.24) is 10.1 Å². The number of ether oxygens (including phenoxy) is 1. The molecule has 1 aliphatic heterocycles. The molecule has 0 saturated heterocycles. The van der Waals surface area contributed by atoms with Gasteiger partial charge in [-0.25, -0.2) is 4.39 Å². The van der Waals surface area contributed by atoms with Crippen molar-refractivity contribution in [2.45, 2.75) is 19.9 Å². The number of hydrogen-bond donors (Lipinski definition) is 0. The van der Waals surface area contributed by atoms with Gasteiger partial charge in [0.2, 0.25) is 0 Å². The SMILES string of the molecule is CCOc1ccc(C(=O)N2CCc3c(noc3-c3ccc(F)cc3)C2)cc1. The molecule has 0 spiro atoms. The molecule has 0 bridgehead atoms. The lowest BCUT2D eigenvalue weighted by Gasteiger charge is -2.26. The van der Waals surface area contributed by atoms with Crippen LogP contribution in [0.5, 0.6) is 5.75 Å². The monoisotopic (exact) mass is 366 g/mol. The molecule has 0 saturated carbocycles. The molecule has 0 radical (unpaired) electrons. The number of amides is 1. The van der Waals surface area contributed by atoms with Crippen molar-refractivity contribution in [3.63, 3.8) is 0 Å². The molecular formula is C21H19FN2O3. The Morgan fingerprint density at radius 2 is 1.93 bits per heavy atom. The van der Waals surface area contributed by atoms with E-state index in [1.807, 2.05) is 6.92 Å². The highest BCUT2D eigenvalue weighted by Gasteiger charge is 2.27. The molecule has 4 rings (SSSR count). The second-order valence-corrected chi connectivity index (χ2v) is 6.38. The first-order valence-electron chi connectivity index (χ1n) is 8.91. The minimum absolute atomic E-state index is 0.0463. The minimum atomic E-state index is -0.292. The van der Waals surface area contributed by atoms with Crippen LogP contribution >= 0.6 is 0 Å². The quantitative estimate of drug-likeness (QED) is 0.698. The van der Waals surface area contributed by atoms with Gasteiger partial charge < -0.3 is 14.2 Å². The van der Waals surface area contributed by atoms with Gasteiger partial charge in [0.1, 0.15) is 17.3 Å². The standard InChI is InChI=1S/C21H19FN2O3/c1-2-26-17-9-5-15(6-10-17)21(25)24-12-11-18-19(13-24)23-27-20(18)14-3-7-16(22)8-4-14/h3-10H,2,11-13H2,1H3. The van der Waals surface area contributed by atoms with Crippen LogP contribution in [0.2, 0.25) is 0 Å². The van der Waals surface area contributed by atoms with Gasteiger partial charge in [0, 0.05) is 23.2 Å². The van der Waals surface area contributed by atoms with Crippen molar-refractivity contribution < 1.29 is 18.4 Å². The smallest absolute Gasteiger partial charge is 0.254 e. The van der Waals surface area contributed by atoms with Crippen LogP contribution in [0.1, 0.15) is 28.5 Å². The lowest BCUT2D eigenvalue weighted by atomic mass is 10.00. The molecule has 1 aliphatic rings. The van der Waals surface area contributed by atoms with Crippen LogP contribution in [-0.4, -0.2) is 29.1 Å². The zero-order valence-corrected chi connectivity index (χ0v) is 14.9. The van der Waals surface area contributed by atoms with Crippen LogP contribution < -0.4 is 4.74 Å². The summed E-state index contributed by atoms with van der Waals surface area (Å²) in [6.07, 6.45) is 0.647. The van der Waals surface area contributed by atoms with Crippen molar-refractivity contribution in [2.24, 2.45) is 0 Å². The molecule has 1 aromatic heterocycles. The topological polar surface area (TPSA) is 55.6 Å². The predicted molar refractivity (Wildman–Crippen MR) is 98.0 cm³/mol. The fourth-order valence-corrected chi connectivity index (χ4v) is 3.28. The Balaban J connectivity index is 1.51. The number of benzene rings is 2. The molecule has 2 heterocycles. The van der Waals surface area contributed by atoms with E-state index in [2.05, 4.69) is 5.16 Å². The van der Waals surface area contributed by atoms with E-state index in [0.717, 1.165) is 22.6 Å². The number of halogens is 1. The summed E-state index contributed by atoms with van der Waals surface area (Å²) in [5.74, 6) is 1.06. The van der Waals surface area contributed by atoms with E-state index in [1.54, 1.807) is 41.3 Å². The Bertz CT molecular complexity index is 949. The molecule has 27 heavy (non-hydrogen) atoms. The van der Waals surface area contributed by atoms with E-state index in [0.29, 0.717) is 37.4 Å². The first kappa shape index (κ1) is 17.3. The zero-order valence-electron chi connectivity index (χ0n) is 14.9. The van der Waals surface area contributed by atoms with Crippen molar-refractivity contribution in [3.05, 3.63) is 71.2 Å². The van der Waals surface area contributed by atoms with Gasteiger partial charge in [0.15, 0.2) is 5.76 Å². The largest absolute Gasteiger partial charge is 0.494 e. The van der Waals surface area contributed by atoms with E-state index >= 15 is 0 Å². The third kappa shape index (κ3) is 3.43. The predicted octanol–water partition coefficient (Wildman–Crippen LogP) is 4.08. The van der Waals surface area contributed by atoms with Gasteiger partial charge in [-0.05, 0) is 61.9 Å². The van der Waals surface area contributed by atoms with Crippen LogP contribution in [0.4, 0.5) is 4.39 Å². The Morgan fingerprint density at radius 1 is 1.19 bits per heavy atom. The summed E-state index contributed by atoms with van der Waals surface area (Å²) in [7, 11) is 0. The van der Waals surface area contributed by atoms with Gasteiger partial charge in [0.05, 0.1) is 13.2 Å². The molecule has 0 fully saturated rings. The number of carbonyl (C=O) groups is 1. The molecule has 6 heteroatoms. The first-order valence-corrected chi connectivity index (χ1v) is 8.91. The number of aromatic nitrogens is 1. The second kappa shape index (κ2) is 7.23. The van der Waals surface area contributed by atoms with E-state index in [-0.39, 0.29) is 11.7 Å². The summed E-state index contributed by atoms with van der Waals surface area (Å²) in [4.78, 5) is 14.5. The maximum absolute atomic E-state index is 13.1. The van der Waals surface area contributed by atoms with Crippen molar-refractivity contribution in [3.8, 4) is 17.1 Å². The molecule has 0 atom stereocenters. The number of carbonyl (C=O) groups excluding carboxylic acids is 1. The average molecular weight is 366 g/mol. The Morgan fingerprint density at radius 3 is 2.63 bits per heavy atom. The lowest BCUT2D eigenvalue weighted by molar-refractivity contribution is 0.0731. The summed E-state index contributed by atoms with van der Waals surface area (Å²) < 4.78 is 24.0. The van der Waals surface area contributed by atoms with E-state index in [1.165, 1.54) is 12.1 Å². The normalized spacial score (nSPS) is 13.3. The summed E-state index contributed by atoms with van der Waals surface area (Å²) >= 11 is 0. The number of rotatable bonds is 4. The summed E-state index contributed by atoms with van der Waals surface area (Å²) in [5.41, 5.74) is 3.14. The maximum Gasteiger partial charge on any atom is 0.254 e. The Labute approximate surface area is 156 Å². The number of nitrogens with zero attached hydrogens (tertiary/aromatic N) is 2. The number of hydrogen-bond acceptors (Lipinski definition) is 4. The Hall–Kier alpha value is -3.15. The third-order valence-electron chi connectivity index (χ3n) is 4.65. The molecule has 5 nitrogen and oxygen atoms in total. The lowest BCUT2D eigenvalue weighted by Crippen LogP contribution is -2.35. The molecule has 2 aromatic carbocycles. The van der Waals surface area contributed by atoms with Crippen LogP contribution in [-0.2, 0) is 13.0 Å². The van der Waals surface area contributed by atoms with Crippen molar-refractivity contribution in [1.29, 1.82) is 0 Å². The van der Waals surface area contributed by atoms with E-state index in [9.17, 15) is 9.18 Å². The third-order valence-corrected chi connectivity index (χ3v) is 4.65. The van der Waals surface area contributed by atoms with Crippen molar-refractivity contribution >= 4 is 5.91 Å². The number of fused-ring (bicyclic) bond motifs is 1. The molecule has 0 aliphatic carbocycles. The summed E-state index contributed by atoms with van der Waals surface area (Å²) in [6, 6.07) is 13.3. The van der Waals surface area contributed by atoms with Crippen LogP contribution in [0.25, 0.3) is 11.3 Å². The molecule has 138 valence electrons. The highest BCUT2D eigenvalue weighted by atomic mass is 19.1. The molecule has 0 unspecified atom stereocenters. The van der Waals surface area contributed by atoms with Gasteiger partial charge in [0.25, 0.3) is 5.91 Å². The average Bonchev–Trinajstić information content (AvgIpc) is 3.12. The molecule has 3 aromatic rings. The van der Waals surface area contributed by atoms with Gasteiger partial charge in [-0.2, -0.15) is 0 Å². The molecule has 1 amide bonds.